The Balaban J connectivity index is 1.55. The number of rotatable bonds is 5. The molecule has 7 heteroatoms. The first-order chi connectivity index (χ1) is 12.6. The predicted molar refractivity (Wildman–Crippen MR) is 102 cm³/mol. The Labute approximate surface area is 160 Å². The van der Waals surface area contributed by atoms with Crippen LogP contribution in [-0.4, -0.2) is 39.1 Å². The van der Waals surface area contributed by atoms with E-state index in [0.717, 1.165) is 36.1 Å². The number of halogens is 1. The Morgan fingerprint density at radius 1 is 1.19 bits per heavy atom. The largest absolute Gasteiger partial charge is 0.341 e. The molecule has 1 amide bonds. The maximum Gasteiger partial charge on any atom is 0.255 e. The SMILES string of the molecule is CN(CC12CC3CC(CC(C3)C1)C2)C(=O)c1cc(F)ccc1NS(C)(=O)=O. The molecule has 1 N–H and O–H groups in total. The van der Waals surface area contributed by atoms with Crippen LogP contribution in [0.2, 0.25) is 0 Å². The van der Waals surface area contributed by atoms with Crippen molar-refractivity contribution in [1.29, 1.82) is 0 Å². The zero-order valence-electron chi connectivity index (χ0n) is 15.9. The molecule has 0 spiro atoms. The van der Waals surface area contributed by atoms with E-state index in [1.54, 1.807) is 11.9 Å². The molecule has 1 aromatic carbocycles. The fourth-order valence-electron chi connectivity index (χ4n) is 6.25. The van der Waals surface area contributed by atoms with E-state index in [1.807, 2.05) is 0 Å². The van der Waals surface area contributed by atoms with Crippen molar-refractivity contribution < 1.29 is 17.6 Å². The Hall–Kier alpha value is -1.63. The van der Waals surface area contributed by atoms with Crippen LogP contribution in [0, 0.1) is 29.0 Å². The van der Waals surface area contributed by atoms with Gasteiger partial charge in [0.15, 0.2) is 0 Å². The summed E-state index contributed by atoms with van der Waals surface area (Å²) in [6.45, 7) is 0.657. The molecule has 4 aliphatic carbocycles. The van der Waals surface area contributed by atoms with Crippen molar-refractivity contribution in [3.63, 3.8) is 0 Å². The molecule has 0 heterocycles. The fraction of sp³-hybridized carbons (Fsp3) is 0.650. The third kappa shape index (κ3) is 3.84. The van der Waals surface area contributed by atoms with Gasteiger partial charge in [-0.1, -0.05) is 0 Å². The van der Waals surface area contributed by atoms with Crippen LogP contribution in [0.4, 0.5) is 10.1 Å². The molecule has 148 valence electrons. The summed E-state index contributed by atoms with van der Waals surface area (Å²) in [5.74, 6) is 1.47. The Morgan fingerprint density at radius 3 is 2.26 bits per heavy atom. The van der Waals surface area contributed by atoms with Gasteiger partial charge >= 0.3 is 0 Å². The van der Waals surface area contributed by atoms with E-state index in [4.69, 9.17) is 0 Å². The van der Waals surface area contributed by atoms with E-state index in [0.29, 0.717) is 6.54 Å². The highest BCUT2D eigenvalue weighted by atomic mass is 32.2. The van der Waals surface area contributed by atoms with Gasteiger partial charge in [0.1, 0.15) is 5.82 Å². The van der Waals surface area contributed by atoms with Crippen molar-refractivity contribution in [2.75, 3.05) is 24.6 Å². The zero-order chi connectivity index (χ0) is 19.4. The molecule has 5 rings (SSSR count). The minimum atomic E-state index is -3.56. The summed E-state index contributed by atoms with van der Waals surface area (Å²) >= 11 is 0. The Morgan fingerprint density at radius 2 is 1.74 bits per heavy atom. The van der Waals surface area contributed by atoms with E-state index >= 15 is 0 Å². The second-order valence-electron chi connectivity index (χ2n) is 9.14. The molecule has 0 aliphatic heterocycles. The van der Waals surface area contributed by atoms with E-state index in [-0.39, 0.29) is 22.6 Å². The molecule has 0 unspecified atom stereocenters. The van der Waals surface area contributed by atoms with Crippen molar-refractivity contribution >= 4 is 21.6 Å². The molecule has 0 aromatic heterocycles. The number of benzene rings is 1. The molecule has 0 atom stereocenters. The number of hydrogen-bond donors (Lipinski definition) is 1. The van der Waals surface area contributed by atoms with Gasteiger partial charge in [-0.25, -0.2) is 12.8 Å². The van der Waals surface area contributed by atoms with Crippen LogP contribution >= 0.6 is 0 Å². The third-order valence-electron chi connectivity index (χ3n) is 6.59. The zero-order valence-corrected chi connectivity index (χ0v) is 16.7. The van der Waals surface area contributed by atoms with Gasteiger partial charge < -0.3 is 4.90 Å². The molecule has 5 nitrogen and oxygen atoms in total. The standard InChI is InChI=1S/C20H27FN2O3S/c1-23(12-20-9-13-5-14(10-20)7-15(6-13)11-20)19(24)17-8-16(21)3-4-18(17)22-27(2,25)26/h3-4,8,13-15,22H,5-7,9-12H2,1-2H3. The van der Waals surface area contributed by atoms with Crippen molar-refractivity contribution in [2.24, 2.45) is 23.2 Å². The van der Waals surface area contributed by atoms with Crippen molar-refractivity contribution in [3.05, 3.63) is 29.6 Å². The number of nitrogens with one attached hydrogen (secondary N) is 1. The van der Waals surface area contributed by atoms with E-state index in [9.17, 15) is 17.6 Å². The summed E-state index contributed by atoms with van der Waals surface area (Å²) in [4.78, 5) is 14.7. The van der Waals surface area contributed by atoms with E-state index < -0.39 is 15.8 Å². The molecular formula is C20H27FN2O3S. The summed E-state index contributed by atoms with van der Waals surface area (Å²) < 4.78 is 39.3. The van der Waals surface area contributed by atoms with Crippen LogP contribution in [0.25, 0.3) is 0 Å². The number of anilines is 1. The Bertz CT molecular complexity index is 833. The lowest BCUT2D eigenvalue weighted by molar-refractivity contribution is -0.0629. The van der Waals surface area contributed by atoms with Crippen LogP contribution in [0.1, 0.15) is 48.9 Å². The molecule has 27 heavy (non-hydrogen) atoms. The molecule has 4 aliphatic rings. The predicted octanol–water partition coefficient (Wildman–Crippen LogP) is 3.49. The van der Waals surface area contributed by atoms with Gasteiger partial charge in [-0.3, -0.25) is 9.52 Å². The monoisotopic (exact) mass is 394 g/mol. The van der Waals surface area contributed by atoms with Gasteiger partial charge in [0.05, 0.1) is 17.5 Å². The first-order valence-corrected chi connectivity index (χ1v) is 11.5. The maximum atomic E-state index is 13.8. The second kappa shape index (κ2) is 6.47. The lowest BCUT2D eigenvalue weighted by Gasteiger charge is -2.57. The lowest BCUT2D eigenvalue weighted by Crippen LogP contribution is -2.51. The van der Waals surface area contributed by atoms with Crippen molar-refractivity contribution in [3.8, 4) is 0 Å². The van der Waals surface area contributed by atoms with Gasteiger partial charge in [-0.05, 0) is 79.9 Å². The van der Waals surface area contributed by atoms with Crippen LogP contribution in [0.15, 0.2) is 18.2 Å². The fourth-order valence-corrected chi connectivity index (χ4v) is 6.82. The average molecular weight is 395 g/mol. The molecule has 4 saturated carbocycles. The molecular weight excluding hydrogens is 367 g/mol. The highest BCUT2D eigenvalue weighted by molar-refractivity contribution is 7.92. The summed E-state index contributed by atoms with van der Waals surface area (Å²) in [6, 6.07) is 3.58. The van der Waals surface area contributed by atoms with E-state index in [1.165, 1.54) is 44.6 Å². The number of hydrogen-bond acceptors (Lipinski definition) is 3. The van der Waals surface area contributed by atoms with Crippen LogP contribution in [0.3, 0.4) is 0 Å². The summed E-state index contributed by atoms with van der Waals surface area (Å²) in [6.07, 6.45) is 8.55. The highest BCUT2D eigenvalue weighted by Gasteiger charge is 2.51. The third-order valence-corrected chi connectivity index (χ3v) is 7.18. The number of nitrogens with zero attached hydrogens (tertiary/aromatic N) is 1. The maximum absolute atomic E-state index is 13.8. The summed E-state index contributed by atoms with van der Waals surface area (Å²) in [5.41, 5.74) is 0.366. The minimum Gasteiger partial charge on any atom is -0.341 e. The first-order valence-electron chi connectivity index (χ1n) is 9.65. The summed E-state index contributed by atoms with van der Waals surface area (Å²) in [7, 11) is -1.81. The van der Waals surface area contributed by atoms with Gasteiger partial charge in [0, 0.05) is 13.6 Å². The van der Waals surface area contributed by atoms with Crippen LogP contribution in [-0.2, 0) is 10.0 Å². The Kier molecular flexibility index (Phi) is 4.48. The van der Waals surface area contributed by atoms with Gasteiger partial charge in [0.2, 0.25) is 10.0 Å². The lowest BCUT2D eigenvalue weighted by atomic mass is 9.49. The van der Waals surface area contributed by atoms with Crippen molar-refractivity contribution in [1.82, 2.24) is 4.90 Å². The topological polar surface area (TPSA) is 66.5 Å². The van der Waals surface area contributed by atoms with E-state index in [2.05, 4.69) is 4.72 Å². The number of sulfonamides is 1. The molecule has 4 bridgehead atoms. The van der Waals surface area contributed by atoms with Crippen molar-refractivity contribution in [2.45, 2.75) is 38.5 Å². The summed E-state index contributed by atoms with van der Waals surface area (Å²) in [5, 5.41) is 0. The molecule has 0 saturated heterocycles. The molecule has 1 aromatic rings. The number of carbonyl (C=O) groups is 1. The molecule has 4 fully saturated rings. The number of carbonyl (C=O) groups excluding carboxylic acids is 1. The quantitative estimate of drug-likeness (QED) is 0.831. The van der Waals surface area contributed by atoms with Crippen LogP contribution in [0.5, 0.6) is 0 Å². The normalized spacial score (nSPS) is 31.7. The van der Waals surface area contributed by atoms with Crippen LogP contribution < -0.4 is 4.72 Å². The molecule has 0 radical (unpaired) electrons. The smallest absolute Gasteiger partial charge is 0.255 e. The minimum absolute atomic E-state index is 0.0626. The number of amides is 1. The highest BCUT2D eigenvalue weighted by Crippen LogP contribution is 2.60. The first kappa shape index (κ1) is 18.7. The average Bonchev–Trinajstić information content (AvgIpc) is 2.53. The van der Waals surface area contributed by atoms with Gasteiger partial charge in [0.25, 0.3) is 5.91 Å². The van der Waals surface area contributed by atoms with Gasteiger partial charge in [-0.15, -0.1) is 0 Å². The van der Waals surface area contributed by atoms with Gasteiger partial charge in [-0.2, -0.15) is 0 Å². The second-order valence-corrected chi connectivity index (χ2v) is 10.9.